The van der Waals surface area contributed by atoms with Crippen LogP contribution in [0.15, 0.2) is 12.2 Å². The lowest BCUT2D eigenvalue weighted by molar-refractivity contribution is -0.119. The number of aliphatic hydroxyl groups excluding tert-OH is 2. The van der Waals surface area contributed by atoms with Gasteiger partial charge in [-0.3, -0.25) is 4.79 Å². The van der Waals surface area contributed by atoms with Crippen molar-refractivity contribution in [1.29, 1.82) is 0 Å². The molecule has 0 saturated heterocycles. The minimum absolute atomic E-state index is 0.0384. The van der Waals surface area contributed by atoms with E-state index >= 15 is 0 Å². The Kier molecular flexibility index (Phi) is 8.93. The summed E-state index contributed by atoms with van der Waals surface area (Å²) >= 11 is 0. The van der Waals surface area contributed by atoms with Crippen molar-refractivity contribution in [2.24, 2.45) is 0 Å². The molecule has 0 unspecified atom stereocenters. The number of carbonyl (C=O) groups is 1. The maximum absolute atomic E-state index is 10.9. The number of hydrogen-bond acceptors (Lipinski definition) is 3. The summed E-state index contributed by atoms with van der Waals surface area (Å²) in [7, 11) is 0. The van der Waals surface area contributed by atoms with Gasteiger partial charge in [0.1, 0.15) is 5.78 Å². The predicted molar refractivity (Wildman–Crippen MR) is 51.4 cm³/mol. The van der Waals surface area contributed by atoms with E-state index in [1.165, 1.54) is 0 Å². The Balaban J connectivity index is 3.15. The Bertz CT molecular complexity index is 152. The summed E-state index contributed by atoms with van der Waals surface area (Å²) in [5.74, 6) is 0.133. The lowest BCUT2D eigenvalue weighted by atomic mass is 10.1. The fourth-order valence-electron chi connectivity index (χ4n) is 1.03. The van der Waals surface area contributed by atoms with Crippen LogP contribution in [0, 0.1) is 0 Å². The molecule has 0 heterocycles. The maximum atomic E-state index is 10.9. The molecule has 0 aliphatic rings. The second kappa shape index (κ2) is 9.42. The monoisotopic (exact) mass is 186 g/mol. The molecule has 13 heavy (non-hydrogen) atoms. The minimum Gasteiger partial charge on any atom is -0.396 e. The second-order valence-corrected chi connectivity index (χ2v) is 2.91. The molecule has 0 aromatic heterocycles. The molecule has 0 aliphatic heterocycles. The summed E-state index contributed by atoms with van der Waals surface area (Å²) < 4.78 is 0. The van der Waals surface area contributed by atoms with Gasteiger partial charge in [-0.1, -0.05) is 12.2 Å². The molecular formula is C10H18O3. The topological polar surface area (TPSA) is 57.5 Å². The number of ketones is 1. The standard InChI is InChI=1S/C10H18O3/c11-8-5-3-1-2-4-6-10(13)7-9-12/h3,5,11-12H,1-2,4,6-9H2. The van der Waals surface area contributed by atoms with Crippen LogP contribution < -0.4 is 0 Å². The third kappa shape index (κ3) is 9.24. The highest BCUT2D eigenvalue weighted by Gasteiger charge is 1.98. The van der Waals surface area contributed by atoms with Gasteiger partial charge in [-0.15, -0.1) is 0 Å². The van der Waals surface area contributed by atoms with Crippen LogP contribution in [0.1, 0.15) is 32.1 Å². The van der Waals surface area contributed by atoms with E-state index in [0.29, 0.717) is 6.42 Å². The fourth-order valence-corrected chi connectivity index (χ4v) is 1.03. The highest BCUT2D eigenvalue weighted by atomic mass is 16.3. The van der Waals surface area contributed by atoms with E-state index in [9.17, 15) is 4.79 Å². The molecule has 76 valence electrons. The average Bonchev–Trinajstić information content (AvgIpc) is 2.11. The molecule has 0 aromatic carbocycles. The SMILES string of the molecule is O=C(CCO)CCCCC=CCO. The molecule has 0 radical (unpaired) electrons. The first-order chi connectivity index (χ1) is 6.31. The normalized spacial score (nSPS) is 10.9. The molecule has 0 rings (SSSR count). The van der Waals surface area contributed by atoms with Gasteiger partial charge in [0, 0.05) is 19.4 Å². The zero-order chi connectivity index (χ0) is 9.94. The lowest BCUT2D eigenvalue weighted by Crippen LogP contribution is -1.99. The van der Waals surface area contributed by atoms with Gasteiger partial charge in [0.2, 0.25) is 0 Å². The number of rotatable bonds is 8. The van der Waals surface area contributed by atoms with Crippen LogP contribution in [0.5, 0.6) is 0 Å². The summed E-state index contributed by atoms with van der Waals surface area (Å²) in [5.41, 5.74) is 0. The van der Waals surface area contributed by atoms with E-state index < -0.39 is 0 Å². The van der Waals surface area contributed by atoms with Gasteiger partial charge in [-0.05, 0) is 19.3 Å². The van der Waals surface area contributed by atoms with Crippen LogP contribution in [-0.4, -0.2) is 29.2 Å². The first kappa shape index (κ1) is 12.3. The van der Waals surface area contributed by atoms with Crippen molar-refractivity contribution in [2.75, 3.05) is 13.2 Å². The molecule has 3 heteroatoms. The number of unbranched alkanes of at least 4 members (excludes halogenated alkanes) is 2. The minimum atomic E-state index is -0.0384. The van der Waals surface area contributed by atoms with Gasteiger partial charge in [-0.25, -0.2) is 0 Å². The van der Waals surface area contributed by atoms with Gasteiger partial charge >= 0.3 is 0 Å². The van der Waals surface area contributed by atoms with E-state index in [0.717, 1.165) is 19.3 Å². The van der Waals surface area contributed by atoms with Crippen molar-refractivity contribution in [3.05, 3.63) is 12.2 Å². The molecule has 3 nitrogen and oxygen atoms in total. The predicted octanol–water partition coefficient (Wildman–Crippen LogP) is 1.05. The van der Waals surface area contributed by atoms with Crippen LogP contribution in [-0.2, 0) is 4.79 Å². The molecular weight excluding hydrogens is 168 g/mol. The summed E-state index contributed by atoms with van der Waals surface area (Å²) in [5, 5.41) is 16.9. The number of aliphatic hydroxyl groups is 2. The van der Waals surface area contributed by atoms with Crippen molar-refractivity contribution < 1.29 is 15.0 Å². The smallest absolute Gasteiger partial charge is 0.135 e. The average molecular weight is 186 g/mol. The zero-order valence-electron chi connectivity index (χ0n) is 7.91. The van der Waals surface area contributed by atoms with Crippen molar-refractivity contribution in [2.45, 2.75) is 32.1 Å². The van der Waals surface area contributed by atoms with Gasteiger partial charge in [0.05, 0.1) is 6.61 Å². The van der Waals surface area contributed by atoms with Gasteiger partial charge < -0.3 is 10.2 Å². The first-order valence-electron chi connectivity index (χ1n) is 4.69. The summed E-state index contributed by atoms with van der Waals surface area (Å²) in [6.07, 6.45) is 7.21. The van der Waals surface area contributed by atoms with E-state index in [1.807, 2.05) is 6.08 Å². The highest BCUT2D eigenvalue weighted by Crippen LogP contribution is 2.02. The fraction of sp³-hybridized carbons (Fsp3) is 0.700. The first-order valence-corrected chi connectivity index (χ1v) is 4.69. The number of hydrogen-bond donors (Lipinski definition) is 2. The van der Waals surface area contributed by atoms with Gasteiger partial charge in [0.25, 0.3) is 0 Å². The van der Waals surface area contributed by atoms with Crippen LogP contribution in [0.3, 0.4) is 0 Å². The van der Waals surface area contributed by atoms with Crippen LogP contribution >= 0.6 is 0 Å². The summed E-state index contributed by atoms with van der Waals surface area (Å²) in [6.45, 7) is 0.0483. The third-order valence-electron chi connectivity index (χ3n) is 1.74. The molecule has 0 aromatic rings. The Morgan fingerprint density at radius 1 is 1.08 bits per heavy atom. The summed E-state index contributed by atoms with van der Waals surface area (Å²) in [6, 6.07) is 0. The van der Waals surface area contributed by atoms with Gasteiger partial charge in [-0.2, -0.15) is 0 Å². The number of allylic oxidation sites excluding steroid dienone is 1. The molecule has 2 N–H and O–H groups in total. The zero-order valence-corrected chi connectivity index (χ0v) is 7.91. The Hall–Kier alpha value is -0.670. The Labute approximate surface area is 79.1 Å². The number of Topliss-reactive ketones (excluding diaryl/α,β-unsaturated/α-hetero) is 1. The molecule has 0 fully saturated rings. The van der Waals surface area contributed by atoms with E-state index in [4.69, 9.17) is 10.2 Å². The van der Waals surface area contributed by atoms with Gasteiger partial charge in [0.15, 0.2) is 0 Å². The molecule has 0 bridgehead atoms. The highest BCUT2D eigenvalue weighted by molar-refractivity contribution is 5.78. The number of carbonyl (C=O) groups excluding carboxylic acids is 1. The third-order valence-corrected chi connectivity index (χ3v) is 1.74. The molecule has 0 spiro atoms. The Morgan fingerprint density at radius 3 is 2.46 bits per heavy atom. The van der Waals surface area contributed by atoms with Crippen LogP contribution in [0.2, 0.25) is 0 Å². The van der Waals surface area contributed by atoms with Crippen molar-refractivity contribution >= 4 is 5.78 Å². The van der Waals surface area contributed by atoms with Crippen molar-refractivity contribution in [3.8, 4) is 0 Å². The quantitative estimate of drug-likeness (QED) is 0.440. The maximum Gasteiger partial charge on any atom is 0.135 e. The van der Waals surface area contributed by atoms with Crippen LogP contribution in [0.4, 0.5) is 0 Å². The summed E-state index contributed by atoms with van der Waals surface area (Å²) in [4.78, 5) is 10.9. The van der Waals surface area contributed by atoms with E-state index in [2.05, 4.69) is 0 Å². The molecule has 0 atom stereocenters. The van der Waals surface area contributed by atoms with Crippen molar-refractivity contribution in [1.82, 2.24) is 0 Å². The van der Waals surface area contributed by atoms with E-state index in [-0.39, 0.29) is 25.4 Å². The molecule has 0 amide bonds. The van der Waals surface area contributed by atoms with Crippen molar-refractivity contribution in [3.63, 3.8) is 0 Å². The van der Waals surface area contributed by atoms with E-state index in [1.54, 1.807) is 6.08 Å². The molecule has 0 saturated carbocycles. The Morgan fingerprint density at radius 2 is 1.85 bits per heavy atom. The second-order valence-electron chi connectivity index (χ2n) is 2.91. The molecule has 0 aliphatic carbocycles. The van der Waals surface area contributed by atoms with Crippen LogP contribution in [0.25, 0.3) is 0 Å². The lowest BCUT2D eigenvalue weighted by Gasteiger charge is -1.96. The largest absolute Gasteiger partial charge is 0.396 e.